The molecule has 1 N–H and O–H groups in total. The Balaban J connectivity index is 1.64. The predicted octanol–water partition coefficient (Wildman–Crippen LogP) is 1.40. The maximum atomic E-state index is 12.3. The van der Waals surface area contributed by atoms with Crippen molar-refractivity contribution in [3.05, 3.63) is 22.4 Å². The highest BCUT2D eigenvalue weighted by molar-refractivity contribution is 7.07. The van der Waals surface area contributed by atoms with Crippen molar-refractivity contribution in [3.8, 4) is 0 Å². The molecule has 4 nitrogen and oxygen atoms in total. The number of morpholine rings is 1. The number of nitrogens with zero attached hydrogens (tertiary/aromatic N) is 1. The molecule has 0 saturated carbocycles. The second-order valence-electron chi connectivity index (χ2n) is 4.85. The van der Waals surface area contributed by atoms with Gasteiger partial charge in [-0.15, -0.1) is 0 Å². The van der Waals surface area contributed by atoms with Gasteiger partial charge in [0.05, 0.1) is 19.2 Å². The molecule has 18 heavy (non-hydrogen) atoms. The molecular weight excluding hydrogens is 248 g/mol. The van der Waals surface area contributed by atoms with Crippen LogP contribution in [-0.2, 0) is 9.53 Å². The zero-order valence-electron chi connectivity index (χ0n) is 10.3. The SMILES string of the molecule is O=C(C1CCCN1)N1CCOC(c2ccsc2)C1. The quantitative estimate of drug-likeness (QED) is 0.880. The maximum Gasteiger partial charge on any atom is 0.239 e. The zero-order chi connectivity index (χ0) is 12.4. The molecule has 98 valence electrons. The first-order valence-electron chi connectivity index (χ1n) is 6.50. The van der Waals surface area contributed by atoms with Crippen LogP contribution in [0.3, 0.4) is 0 Å². The van der Waals surface area contributed by atoms with E-state index in [9.17, 15) is 4.79 Å². The summed E-state index contributed by atoms with van der Waals surface area (Å²) in [6.07, 6.45) is 2.13. The minimum Gasteiger partial charge on any atom is -0.370 e. The zero-order valence-corrected chi connectivity index (χ0v) is 11.1. The van der Waals surface area contributed by atoms with Crippen molar-refractivity contribution in [3.63, 3.8) is 0 Å². The fourth-order valence-corrected chi connectivity index (χ4v) is 3.33. The average Bonchev–Trinajstić information content (AvgIpc) is 3.11. The number of hydrogen-bond donors (Lipinski definition) is 1. The highest BCUT2D eigenvalue weighted by atomic mass is 32.1. The van der Waals surface area contributed by atoms with E-state index in [2.05, 4.69) is 22.1 Å². The number of carbonyl (C=O) groups excluding carboxylic acids is 1. The molecule has 1 amide bonds. The minimum atomic E-state index is 0.0335. The average molecular weight is 266 g/mol. The Morgan fingerprint density at radius 2 is 2.50 bits per heavy atom. The Morgan fingerprint density at radius 1 is 1.56 bits per heavy atom. The molecule has 0 radical (unpaired) electrons. The molecule has 2 aliphatic heterocycles. The van der Waals surface area contributed by atoms with Gasteiger partial charge in [-0.05, 0) is 41.8 Å². The molecule has 2 fully saturated rings. The van der Waals surface area contributed by atoms with Crippen molar-refractivity contribution >= 4 is 17.2 Å². The molecule has 2 atom stereocenters. The van der Waals surface area contributed by atoms with E-state index < -0.39 is 0 Å². The molecule has 0 aromatic carbocycles. The van der Waals surface area contributed by atoms with E-state index in [4.69, 9.17) is 4.74 Å². The summed E-state index contributed by atoms with van der Waals surface area (Å²) in [6, 6.07) is 2.11. The van der Waals surface area contributed by atoms with E-state index in [0.717, 1.165) is 25.9 Å². The molecule has 2 unspecified atom stereocenters. The van der Waals surface area contributed by atoms with Gasteiger partial charge in [-0.2, -0.15) is 11.3 Å². The first-order valence-corrected chi connectivity index (χ1v) is 7.45. The number of ether oxygens (including phenoxy) is 1. The third-order valence-corrected chi connectivity index (χ3v) is 4.35. The van der Waals surface area contributed by atoms with Gasteiger partial charge in [-0.1, -0.05) is 0 Å². The van der Waals surface area contributed by atoms with Gasteiger partial charge >= 0.3 is 0 Å². The van der Waals surface area contributed by atoms with Gasteiger partial charge in [-0.25, -0.2) is 0 Å². The van der Waals surface area contributed by atoms with E-state index >= 15 is 0 Å². The van der Waals surface area contributed by atoms with Crippen LogP contribution in [0.5, 0.6) is 0 Å². The fraction of sp³-hybridized carbons (Fsp3) is 0.615. The van der Waals surface area contributed by atoms with Crippen LogP contribution in [0.2, 0.25) is 0 Å². The molecular formula is C13H18N2O2S. The third kappa shape index (κ3) is 2.43. The summed E-state index contributed by atoms with van der Waals surface area (Å²) in [5, 5.41) is 7.43. The fourth-order valence-electron chi connectivity index (χ4n) is 2.63. The molecule has 0 spiro atoms. The Labute approximate surface area is 111 Å². The van der Waals surface area contributed by atoms with Crippen molar-refractivity contribution in [2.24, 2.45) is 0 Å². The second kappa shape index (κ2) is 5.38. The number of hydrogen-bond acceptors (Lipinski definition) is 4. The van der Waals surface area contributed by atoms with Crippen molar-refractivity contribution in [2.75, 3.05) is 26.2 Å². The van der Waals surface area contributed by atoms with Gasteiger partial charge in [0.2, 0.25) is 5.91 Å². The van der Waals surface area contributed by atoms with E-state index in [1.54, 1.807) is 11.3 Å². The molecule has 2 aliphatic rings. The summed E-state index contributed by atoms with van der Waals surface area (Å²) >= 11 is 1.67. The summed E-state index contributed by atoms with van der Waals surface area (Å²) in [5.41, 5.74) is 1.19. The first-order chi connectivity index (χ1) is 8.84. The lowest BCUT2D eigenvalue weighted by atomic mass is 10.1. The summed E-state index contributed by atoms with van der Waals surface area (Å²) in [5.74, 6) is 0.246. The van der Waals surface area contributed by atoms with Gasteiger partial charge in [0.15, 0.2) is 0 Å². The Hall–Kier alpha value is -0.910. The van der Waals surface area contributed by atoms with Crippen molar-refractivity contribution in [1.29, 1.82) is 0 Å². The van der Waals surface area contributed by atoms with Crippen LogP contribution in [0.15, 0.2) is 16.8 Å². The van der Waals surface area contributed by atoms with Crippen LogP contribution >= 0.6 is 11.3 Å². The number of carbonyl (C=O) groups is 1. The normalized spacial score (nSPS) is 28.6. The van der Waals surface area contributed by atoms with Crippen molar-refractivity contribution in [2.45, 2.75) is 25.0 Å². The topological polar surface area (TPSA) is 41.6 Å². The lowest BCUT2D eigenvalue weighted by Gasteiger charge is -2.34. The summed E-state index contributed by atoms with van der Waals surface area (Å²) < 4.78 is 5.76. The Morgan fingerprint density at radius 3 is 3.22 bits per heavy atom. The summed E-state index contributed by atoms with van der Waals surface area (Å²) in [7, 11) is 0. The smallest absolute Gasteiger partial charge is 0.239 e. The van der Waals surface area contributed by atoms with Crippen molar-refractivity contribution in [1.82, 2.24) is 10.2 Å². The van der Waals surface area contributed by atoms with Gasteiger partial charge in [0.1, 0.15) is 6.10 Å². The van der Waals surface area contributed by atoms with Crippen LogP contribution in [0, 0.1) is 0 Å². The molecule has 0 bridgehead atoms. The van der Waals surface area contributed by atoms with Gasteiger partial charge in [-0.3, -0.25) is 4.79 Å². The van der Waals surface area contributed by atoms with E-state index in [1.807, 2.05) is 4.90 Å². The molecule has 2 saturated heterocycles. The number of rotatable bonds is 2. The standard InChI is InChI=1S/C13H18N2O2S/c16-13(11-2-1-4-14-11)15-5-6-17-12(8-15)10-3-7-18-9-10/h3,7,9,11-12,14H,1-2,4-6,8H2. The monoisotopic (exact) mass is 266 g/mol. The molecule has 3 heterocycles. The molecule has 3 rings (SSSR count). The first kappa shape index (κ1) is 12.1. The number of thiophene rings is 1. The lowest BCUT2D eigenvalue weighted by molar-refractivity contribution is -0.140. The van der Waals surface area contributed by atoms with Crippen LogP contribution in [-0.4, -0.2) is 43.1 Å². The van der Waals surface area contributed by atoms with E-state index in [1.165, 1.54) is 5.56 Å². The van der Waals surface area contributed by atoms with Gasteiger partial charge in [0, 0.05) is 6.54 Å². The lowest BCUT2D eigenvalue weighted by Crippen LogP contribution is -2.49. The van der Waals surface area contributed by atoms with Gasteiger partial charge in [0.25, 0.3) is 0 Å². The Kier molecular flexibility index (Phi) is 3.63. The van der Waals surface area contributed by atoms with Crippen LogP contribution in [0.25, 0.3) is 0 Å². The van der Waals surface area contributed by atoms with E-state index in [-0.39, 0.29) is 18.1 Å². The summed E-state index contributed by atoms with van der Waals surface area (Å²) in [4.78, 5) is 14.3. The van der Waals surface area contributed by atoms with Crippen LogP contribution in [0.1, 0.15) is 24.5 Å². The van der Waals surface area contributed by atoms with E-state index in [0.29, 0.717) is 13.2 Å². The Bertz CT molecular complexity index is 401. The molecule has 5 heteroatoms. The minimum absolute atomic E-state index is 0.0335. The highest BCUT2D eigenvalue weighted by Crippen LogP contribution is 2.25. The highest BCUT2D eigenvalue weighted by Gasteiger charge is 2.31. The largest absolute Gasteiger partial charge is 0.370 e. The predicted molar refractivity (Wildman–Crippen MR) is 70.6 cm³/mol. The molecule has 1 aromatic rings. The van der Waals surface area contributed by atoms with Gasteiger partial charge < -0.3 is 15.0 Å². The number of amides is 1. The van der Waals surface area contributed by atoms with Crippen molar-refractivity contribution < 1.29 is 9.53 Å². The van der Waals surface area contributed by atoms with Crippen LogP contribution < -0.4 is 5.32 Å². The van der Waals surface area contributed by atoms with Crippen LogP contribution in [0.4, 0.5) is 0 Å². The third-order valence-electron chi connectivity index (χ3n) is 3.65. The second-order valence-corrected chi connectivity index (χ2v) is 5.63. The molecule has 0 aliphatic carbocycles. The molecule has 1 aromatic heterocycles. The maximum absolute atomic E-state index is 12.3. The number of nitrogens with one attached hydrogen (secondary N) is 1. The summed E-state index contributed by atoms with van der Waals surface area (Å²) in [6.45, 7) is 3.01.